The van der Waals surface area contributed by atoms with Crippen LogP contribution < -0.4 is 24.6 Å². The van der Waals surface area contributed by atoms with Crippen molar-refractivity contribution < 1.29 is 30.2 Å². The van der Waals surface area contributed by atoms with Crippen LogP contribution in [0.25, 0.3) is 0 Å². The van der Waals surface area contributed by atoms with Gasteiger partial charge in [0.1, 0.15) is 0 Å². The van der Waals surface area contributed by atoms with Gasteiger partial charge in [0.25, 0.3) is 0 Å². The maximum atomic E-state index is 8.78. The summed E-state index contributed by atoms with van der Waals surface area (Å²) < 4.78 is 0. The van der Waals surface area contributed by atoms with Crippen LogP contribution in [0.4, 0.5) is 4.79 Å². The summed E-state index contributed by atoms with van der Waals surface area (Å²) in [6.45, 7) is 0. The van der Waals surface area contributed by atoms with E-state index < -0.39 is 6.09 Å². The van der Waals surface area contributed by atoms with Gasteiger partial charge in [0.2, 0.25) is 0 Å². The number of hydrogen-bond acceptors (Lipinski definition) is 1. The van der Waals surface area contributed by atoms with Gasteiger partial charge in [0.15, 0.2) is 0 Å². The first-order valence-corrected chi connectivity index (χ1v) is 0.716. The largest absolute Gasteiger partial charge is 1.00 e. The third-order valence-corrected chi connectivity index (χ3v) is 0. The van der Waals surface area contributed by atoms with Crippen molar-refractivity contribution in [2.45, 2.75) is 0 Å². The van der Waals surface area contributed by atoms with Gasteiger partial charge >= 0.3 is 25.0 Å². The van der Waals surface area contributed by atoms with Crippen molar-refractivity contribution in [2.24, 2.45) is 5.73 Å². The van der Waals surface area contributed by atoms with Gasteiger partial charge in [-0.1, -0.05) is 0 Å². The van der Waals surface area contributed by atoms with E-state index in [1.807, 2.05) is 0 Å². The molecule has 0 spiro atoms. The van der Waals surface area contributed by atoms with Crippen LogP contribution in [0.3, 0.4) is 0 Å². The third kappa shape index (κ3) is 767. The van der Waals surface area contributed by atoms with E-state index in [0.29, 0.717) is 0 Å². The monoisotopic (exact) mass is 69.0 g/mol. The van der Waals surface area contributed by atoms with Crippen molar-refractivity contribution in [3.63, 3.8) is 0 Å². The van der Waals surface area contributed by atoms with E-state index in [1.54, 1.807) is 0 Å². The molecule has 3 nitrogen and oxygen atoms in total. The first-order chi connectivity index (χ1) is 1.73. The summed E-state index contributed by atoms with van der Waals surface area (Å²) in [4.78, 5) is 8.78. The predicted molar refractivity (Wildman–Crippen MR) is 13.3 cm³/mol. The summed E-state index contributed by atoms with van der Waals surface area (Å²) in [6.07, 6.45) is -1.33. The van der Waals surface area contributed by atoms with Gasteiger partial charge in [-0.15, -0.1) is 0 Å². The molecule has 1 amide bonds. The Labute approximate surface area is 42.8 Å². The van der Waals surface area contributed by atoms with Crippen molar-refractivity contribution >= 4 is 6.09 Å². The molecule has 0 bridgehead atoms. The molecule has 26 valence electrons. The normalized spacial score (nSPS) is 4.80. The Kier molecular flexibility index (Phi) is 6.85. The number of nitrogens with two attached hydrogens (primary N) is 1. The Hall–Kier alpha value is -0.133. The Balaban J connectivity index is -0.0000000450. The fraction of sp³-hybridized carbons (Fsp3) is 0. The van der Waals surface area contributed by atoms with Gasteiger partial charge in [-0.25, -0.2) is 4.79 Å². The second kappa shape index (κ2) is 3.87. The van der Waals surface area contributed by atoms with Gasteiger partial charge in [0, 0.05) is 0 Å². The molecule has 0 aliphatic carbocycles. The quantitative estimate of drug-likeness (QED) is 0.293. The molecule has 0 aromatic heterocycles. The zero-order chi connectivity index (χ0) is 3.58. The Morgan fingerprint density at radius 2 is 2.00 bits per heavy atom. The third-order valence-electron chi connectivity index (χ3n) is 0. The molecule has 0 aromatic carbocycles. The summed E-state index contributed by atoms with van der Waals surface area (Å²) in [5.74, 6) is 0. The maximum absolute atomic E-state index is 8.78. The molecule has 0 aliphatic rings. The smallest absolute Gasteiger partial charge is 1.00 e. The van der Waals surface area contributed by atoms with Crippen LogP contribution in [0.2, 0.25) is 0 Å². The summed E-state index contributed by atoms with van der Waals surface area (Å²) in [6, 6.07) is 0. The van der Waals surface area contributed by atoms with Crippen molar-refractivity contribution in [1.29, 1.82) is 0 Å². The summed E-state index contributed by atoms with van der Waals surface area (Å²) in [5.41, 5.74) is 4.03. The van der Waals surface area contributed by atoms with Crippen molar-refractivity contribution in [3.05, 3.63) is 0 Å². The van der Waals surface area contributed by atoms with Crippen molar-refractivity contribution in [3.8, 4) is 0 Å². The van der Waals surface area contributed by atoms with Crippen LogP contribution in [0.15, 0.2) is 0 Å². The van der Waals surface area contributed by atoms with Gasteiger partial charge in [-0.05, 0) is 0 Å². The minimum Gasteiger partial charge on any atom is -1.00 e. The standard InChI is InChI=1S/CH3NO2.Li.H/c2-1(3)4;;/h2H2,(H,3,4);;/q;+1;-1. The number of amides is 1. The summed E-state index contributed by atoms with van der Waals surface area (Å²) >= 11 is 0. The van der Waals surface area contributed by atoms with E-state index in [0.717, 1.165) is 0 Å². The van der Waals surface area contributed by atoms with Crippen molar-refractivity contribution in [1.82, 2.24) is 0 Å². The molecule has 0 radical (unpaired) electrons. The van der Waals surface area contributed by atoms with Gasteiger partial charge in [-0.2, -0.15) is 0 Å². The van der Waals surface area contributed by atoms with E-state index in [9.17, 15) is 0 Å². The molecule has 0 fully saturated rings. The van der Waals surface area contributed by atoms with Crippen LogP contribution in [0, 0.1) is 0 Å². The van der Waals surface area contributed by atoms with Crippen LogP contribution in [0.5, 0.6) is 0 Å². The molecule has 4 heteroatoms. The van der Waals surface area contributed by atoms with Crippen LogP contribution in [-0.4, -0.2) is 11.2 Å². The minimum atomic E-state index is -1.33. The summed E-state index contributed by atoms with van der Waals surface area (Å²) in [5, 5.41) is 7.19. The van der Waals surface area contributed by atoms with E-state index >= 15 is 0 Å². The number of primary amides is 1. The number of carbonyl (C=O) groups is 1. The molecule has 0 unspecified atom stereocenters. The molecule has 3 N–H and O–H groups in total. The minimum absolute atomic E-state index is 0. The molecule has 5 heavy (non-hydrogen) atoms. The maximum Gasteiger partial charge on any atom is 1.00 e. The van der Waals surface area contributed by atoms with Gasteiger partial charge < -0.3 is 12.3 Å². The second-order valence-electron chi connectivity index (χ2n) is 0.338. The number of hydrogen-bond donors (Lipinski definition) is 2. The van der Waals surface area contributed by atoms with E-state index in [2.05, 4.69) is 5.73 Å². The topological polar surface area (TPSA) is 63.3 Å². The first kappa shape index (κ1) is 8.85. The average molecular weight is 69.0 g/mol. The first-order valence-electron chi connectivity index (χ1n) is 0.716. The Morgan fingerprint density at radius 1 is 2.00 bits per heavy atom. The molecular formula is CH4LiNO2. The number of carboxylic acid groups (broad SMARTS) is 1. The van der Waals surface area contributed by atoms with Crippen LogP contribution in [-0.2, 0) is 0 Å². The fourth-order valence-electron chi connectivity index (χ4n) is 0. The van der Waals surface area contributed by atoms with Crippen molar-refractivity contribution in [2.75, 3.05) is 0 Å². The SMILES string of the molecule is NC(=O)O.[H-].[Li+]. The average Bonchev–Trinajstić information content (AvgIpc) is 0.811. The van der Waals surface area contributed by atoms with Gasteiger partial charge in [0.05, 0.1) is 0 Å². The van der Waals surface area contributed by atoms with Crippen LogP contribution >= 0.6 is 0 Å². The zero-order valence-electron chi connectivity index (χ0n) is 3.93. The zero-order valence-corrected chi connectivity index (χ0v) is 2.93. The van der Waals surface area contributed by atoms with Gasteiger partial charge in [-0.3, -0.25) is 0 Å². The molecule has 0 aromatic rings. The molecular weight excluding hydrogens is 65.0 g/mol. The summed E-state index contributed by atoms with van der Waals surface area (Å²) in [7, 11) is 0. The van der Waals surface area contributed by atoms with Crippen LogP contribution in [0.1, 0.15) is 1.43 Å². The fourth-order valence-corrected chi connectivity index (χ4v) is 0. The Bertz CT molecular complexity index is 36.5. The van der Waals surface area contributed by atoms with E-state index in [1.165, 1.54) is 0 Å². The van der Waals surface area contributed by atoms with E-state index in [4.69, 9.17) is 9.90 Å². The molecule has 0 saturated carbocycles. The number of rotatable bonds is 0. The molecule has 0 atom stereocenters. The second-order valence-corrected chi connectivity index (χ2v) is 0.338. The Morgan fingerprint density at radius 3 is 2.00 bits per heavy atom. The molecule has 0 heterocycles. The molecule has 0 saturated heterocycles. The van der Waals surface area contributed by atoms with E-state index in [-0.39, 0.29) is 20.3 Å². The molecule has 0 aliphatic heterocycles. The molecule has 0 rings (SSSR count). The predicted octanol–water partition coefficient (Wildman–Crippen LogP) is -3.26.